The molecule has 0 bridgehead atoms. The van der Waals surface area contributed by atoms with E-state index in [0.29, 0.717) is 5.69 Å². The monoisotopic (exact) mass is 313 g/mol. The largest absolute Gasteiger partial charge is 0.495 e. The SMILES string of the molecule is COc1cc(N)ccc1S(=O)(=O)Nc1cccnc1Cl. The van der Waals surface area contributed by atoms with Gasteiger partial charge in [-0.25, -0.2) is 13.4 Å². The van der Waals surface area contributed by atoms with Gasteiger partial charge in [-0.05, 0) is 24.3 Å². The lowest BCUT2D eigenvalue weighted by atomic mass is 10.3. The van der Waals surface area contributed by atoms with Crippen molar-refractivity contribution in [2.75, 3.05) is 17.6 Å². The standard InChI is InChI=1S/C12H12ClN3O3S/c1-19-10-7-8(14)4-5-11(10)20(17,18)16-9-3-2-6-15-12(9)13/h2-7,16H,14H2,1H3. The lowest BCUT2D eigenvalue weighted by Gasteiger charge is -2.12. The zero-order chi connectivity index (χ0) is 14.8. The predicted octanol–water partition coefficient (Wildman–Crippen LogP) is 2.13. The molecule has 3 N–H and O–H groups in total. The molecule has 0 spiro atoms. The van der Waals surface area contributed by atoms with Gasteiger partial charge in [0.25, 0.3) is 10.0 Å². The molecule has 0 radical (unpaired) electrons. The first-order chi connectivity index (χ1) is 9.44. The zero-order valence-corrected chi connectivity index (χ0v) is 12.1. The van der Waals surface area contributed by atoms with Crippen molar-refractivity contribution in [1.82, 2.24) is 4.98 Å². The van der Waals surface area contributed by atoms with Crippen LogP contribution in [0.1, 0.15) is 0 Å². The van der Waals surface area contributed by atoms with Crippen molar-refractivity contribution < 1.29 is 13.2 Å². The van der Waals surface area contributed by atoms with Crippen LogP contribution in [0.5, 0.6) is 5.75 Å². The molecule has 0 amide bonds. The number of nitrogen functional groups attached to an aromatic ring is 1. The fourth-order valence-electron chi connectivity index (χ4n) is 1.57. The Labute approximate surface area is 121 Å². The number of hydrogen-bond acceptors (Lipinski definition) is 5. The van der Waals surface area contributed by atoms with Crippen LogP contribution in [-0.4, -0.2) is 20.5 Å². The predicted molar refractivity (Wildman–Crippen MR) is 77.5 cm³/mol. The third kappa shape index (κ3) is 2.94. The highest BCUT2D eigenvalue weighted by Crippen LogP contribution is 2.29. The highest BCUT2D eigenvalue weighted by molar-refractivity contribution is 7.92. The average Bonchev–Trinajstić information content (AvgIpc) is 2.40. The van der Waals surface area contributed by atoms with Crippen molar-refractivity contribution in [1.29, 1.82) is 0 Å². The number of nitrogens with two attached hydrogens (primary N) is 1. The van der Waals surface area contributed by atoms with E-state index in [2.05, 4.69) is 9.71 Å². The molecule has 6 nitrogen and oxygen atoms in total. The average molecular weight is 314 g/mol. The van der Waals surface area contributed by atoms with E-state index in [1.165, 1.54) is 37.6 Å². The van der Waals surface area contributed by atoms with Crippen LogP contribution in [0.15, 0.2) is 41.4 Å². The second-order valence-corrected chi connectivity index (χ2v) is 5.87. The maximum absolute atomic E-state index is 12.3. The van der Waals surface area contributed by atoms with Gasteiger partial charge >= 0.3 is 0 Å². The minimum Gasteiger partial charge on any atom is -0.495 e. The molecule has 2 rings (SSSR count). The van der Waals surface area contributed by atoms with Crippen molar-refractivity contribution in [2.24, 2.45) is 0 Å². The van der Waals surface area contributed by atoms with Crippen LogP contribution in [0.4, 0.5) is 11.4 Å². The molecular weight excluding hydrogens is 302 g/mol. The van der Waals surface area contributed by atoms with E-state index in [0.717, 1.165) is 0 Å². The van der Waals surface area contributed by atoms with Crippen molar-refractivity contribution in [3.8, 4) is 5.75 Å². The lowest BCUT2D eigenvalue weighted by Crippen LogP contribution is -2.14. The van der Waals surface area contributed by atoms with Crippen molar-refractivity contribution in [2.45, 2.75) is 4.90 Å². The van der Waals surface area contributed by atoms with Crippen LogP contribution >= 0.6 is 11.6 Å². The maximum atomic E-state index is 12.3. The maximum Gasteiger partial charge on any atom is 0.265 e. The van der Waals surface area contributed by atoms with Gasteiger partial charge in [-0.2, -0.15) is 0 Å². The van der Waals surface area contributed by atoms with Gasteiger partial charge in [-0.15, -0.1) is 0 Å². The van der Waals surface area contributed by atoms with Crippen LogP contribution in [0.25, 0.3) is 0 Å². The van der Waals surface area contributed by atoms with Gasteiger partial charge in [0.05, 0.1) is 12.8 Å². The molecule has 0 saturated carbocycles. The fraction of sp³-hybridized carbons (Fsp3) is 0.0833. The summed E-state index contributed by atoms with van der Waals surface area (Å²) in [6.07, 6.45) is 1.46. The Morgan fingerprint density at radius 3 is 2.75 bits per heavy atom. The normalized spacial score (nSPS) is 11.1. The summed E-state index contributed by atoms with van der Waals surface area (Å²) in [4.78, 5) is 3.77. The Morgan fingerprint density at radius 2 is 2.10 bits per heavy atom. The third-order valence-corrected chi connectivity index (χ3v) is 4.19. The number of methoxy groups -OCH3 is 1. The molecule has 0 aliphatic rings. The summed E-state index contributed by atoms with van der Waals surface area (Å²) in [6, 6.07) is 7.35. The molecule has 0 atom stereocenters. The number of nitrogens with one attached hydrogen (secondary N) is 1. The van der Waals surface area contributed by atoms with E-state index in [-0.39, 0.29) is 21.5 Å². The van der Waals surface area contributed by atoms with Gasteiger partial charge in [0.1, 0.15) is 10.6 Å². The second kappa shape index (κ2) is 5.56. The van der Waals surface area contributed by atoms with Crippen molar-refractivity contribution in [3.05, 3.63) is 41.7 Å². The molecule has 106 valence electrons. The number of rotatable bonds is 4. The van der Waals surface area contributed by atoms with Crippen LogP contribution in [0.2, 0.25) is 5.15 Å². The second-order valence-electron chi connectivity index (χ2n) is 3.86. The summed E-state index contributed by atoms with van der Waals surface area (Å²) >= 11 is 5.83. The molecule has 0 fully saturated rings. The van der Waals surface area contributed by atoms with Gasteiger partial charge in [0.2, 0.25) is 0 Å². The molecule has 1 aromatic carbocycles. The van der Waals surface area contributed by atoms with E-state index in [4.69, 9.17) is 22.1 Å². The quantitative estimate of drug-likeness (QED) is 0.666. The summed E-state index contributed by atoms with van der Waals surface area (Å²) in [6.45, 7) is 0. The summed E-state index contributed by atoms with van der Waals surface area (Å²) in [5.41, 5.74) is 6.19. The number of pyridine rings is 1. The molecule has 0 unspecified atom stereocenters. The van der Waals surface area contributed by atoms with E-state index in [1.54, 1.807) is 6.07 Å². The van der Waals surface area contributed by atoms with Gasteiger partial charge < -0.3 is 10.5 Å². The Balaban J connectivity index is 2.44. The highest BCUT2D eigenvalue weighted by Gasteiger charge is 2.20. The molecular formula is C12H12ClN3O3S. The molecule has 8 heteroatoms. The van der Waals surface area contributed by atoms with Gasteiger partial charge in [0, 0.05) is 18.0 Å². The Morgan fingerprint density at radius 1 is 1.35 bits per heavy atom. The van der Waals surface area contributed by atoms with Gasteiger partial charge in [-0.1, -0.05) is 11.6 Å². The Kier molecular flexibility index (Phi) is 4.01. The van der Waals surface area contributed by atoms with E-state index in [9.17, 15) is 8.42 Å². The van der Waals surface area contributed by atoms with Crippen molar-refractivity contribution in [3.63, 3.8) is 0 Å². The molecule has 0 aliphatic heterocycles. The molecule has 0 aliphatic carbocycles. The number of nitrogens with zero attached hydrogens (tertiary/aromatic N) is 1. The first kappa shape index (κ1) is 14.4. The zero-order valence-electron chi connectivity index (χ0n) is 10.5. The summed E-state index contributed by atoms with van der Waals surface area (Å²) in [7, 11) is -2.48. The van der Waals surface area contributed by atoms with E-state index < -0.39 is 10.0 Å². The number of benzene rings is 1. The number of ether oxygens (including phenoxy) is 1. The molecule has 1 aromatic heterocycles. The van der Waals surface area contributed by atoms with E-state index >= 15 is 0 Å². The number of halogens is 1. The minimum absolute atomic E-state index is 0.0332. The molecule has 2 aromatic rings. The van der Waals surface area contributed by atoms with Crippen LogP contribution in [-0.2, 0) is 10.0 Å². The Bertz CT molecular complexity index is 734. The number of aromatic nitrogens is 1. The first-order valence-corrected chi connectivity index (χ1v) is 7.37. The molecule has 20 heavy (non-hydrogen) atoms. The molecule has 1 heterocycles. The summed E-state index contributed by atoms with van der Waals surface area (Å²) in [5, 5.41) is 0.0606. The van der Waals surface area contributed by atoms with E-state index in [1.807, 2.05) is 0 Å². The Hall–Kier alpha value is -1.99. The number of hydrogen-bond donors (Lipinski definition) is 2. The fourth-order valence-corrected chi connectivity index (χ4v) is 3.01. The van der Waals surface area contributed by atoms with Gasteiger partial charge in [-0.3, -0.25) is 4.72 Å². The van der Waals surface area contributed by atoms with Crippen LogP contribution < -0.4 is 15.2 Å². The van der Waals surface area contributed by atoms with Gasteiger partial charge in [0.15, 0.2) is 5.15 Å². The summed E-state index contributed by atoms with van der Waals surface area (Å²) in [5.74, 6) is 0.150. The topological polar surface area (TPSA) is 94.3 Å². The smallest absolute Gasteiger partial charge is 0.265 e. The minimum atomic E-state index is -3.85. The number of sulfonamides is 1. The third-order valence-electron chi connectivity index (χ3n) is 2.48. The first-order valence-electron chi connectivity index (χ1n) is 5.51. The number of anilines is 2. The van der Waals surface area contributed by atoms with Crippen LogP contribution in [0.3, 0.4) is 0 Å². The summed E-state index contributed by atoms with van der Waals surface area (Å²) < 4.78 is 32.0. The lowest BCUT2D eigenvalue weighted by molar-refractivity contribution is 0.403. The molecule has 0 saturated heterocycles. The van der Waals surface area contributed by atoms with Crippen LogP contribution in [0, 0.1) is 0 Å². The van der Waals surface area contributed by atoms with Crippen molar-refractivity contribution >= 4 is 33.0 Å². The highest BCUT2D eigenvalue weighted by atomic mass is 35.5.